The highest BCUT2D eigenvalue weighted by molar-refractivity contribution is 5.94. The monoisotopic (exact) mass is 762 g/mol. The quantitative estimate of drug-likeness (QED) is 0.247. The standard InChI is InChI=1S/3C9H15NO.2C9H13NO/c1-3-9(11)10-6-4-8(2)5-7-10;1-3-9(11)10-6-4-5-8(2)7-10;1-3-9(11)10-7-5-4-6-8(10)2;1-3-5-9(11)10-7-4-6-8(10)2;1-3-4-9(11)10-6-5-8(2)7-10/h3*3,8H,1,4-7H2,2H3;8H,4,6-7H2,1-2H3;8H,5-7H2,1-2H3/t;4*8-/m.1111/s1. The van der Waals surface area contributed by atoms with E-state index in [2.05, 4.69) is 78.0 Å². The van der Waals surface area contributed by atoms with Gasteiger partial charge >= 0.3 is 0 Å². The Morgan fingerprint density at radius 2 is 0.927 bits per heavy atom. The first-order chi connectivity index (χ1) is 26.2. The first kappa shape index (κ1) is 48.7. The fourth-order valence-electron chi connectivity index (χ4n) is 7.14. The SMILES string of the molecule is C=CC(=O)N1CCC(C)CC1.C=CC(=O)N1CCCC[C@H]1C.C=CC(=O)N1CCC[C@@H](C)C1.CC#CC(=O)N1CCC[C@H]1C.CC#CC(=O)N1CC[C@@H](C)C1. The summed E-state index contributed by atoms with van der Waals surface area (Å²) in [4.78, 5) is 65.0. The fraction of sp³-hybridized carbons (Fsp3) is 0.667. The van der Waals surface area contributed by atoms with Crippen molar-refractivity contribution in [3.8, 4) is 23.7 Å². The summed E-state index contributed by atoms with van der Waals surface area (Å²) in [6.45, 7) is 31.7. The molecule has 0 saturated carbocycles. The third kappa shape index (κ3) is 18.7. The lowest BCUT2D eigenvalue weighted by Crippen LogP contribution is -2.40. The molecule has 0 unspecified atom stereocenters. The summed E-state index contributed by atoms with van der Waals surface area (Å²) in [6.07, 6.45) is 15.8. The Morgan fingerprint density at radius 1 is 0.473 bits per heavy atom. The molecule has 5 amide bonds. The number of likely N-dealkylation sites (tertiary alicyclic amines) is 5. The molecule has 0 aromatic carbocycles. The Balaban J connectivity index is 0.000000344. The van der Waals surface area contributed by atoms with E-state index in [1.165, 1.54) is 31.1 Å². The van der Waals surface area contributed by atoms with E-state index in [4.69, 9.17) is 0 Å². The van der Waals surface area contributed by atoms with Crippen LogP contribution in [0, 0.1) is 41.4 Å². The molecule has 55 heavy (non-hydrogen) atoms. The minimum absolute atomic E-state index is 0.0162. The maximum absolute atomic E-state index is 11.2. The normalized spacial score (nSPS) is 23.0. The molecule has 0 aromatic rings. The Morgan fingerprint density at radius 3 is 1.42 bits per heavy atom. The number of carbonyl (C=O) groups is 5. The van der Waals surface area contributed by atoms with Crippen molar-refractivity contribution in [2.75, 3.05) is 52.4 Å². The molecule has 5 fully saturated rings. The average Bonchev–Trinajstić information content (AvgIpc) is 3.83. The molecular weight excluding hydrogens is 691 g/mol. The van der Waals surface area contributed by atoms with Crippen LogP contribution >= 0.6 is 0 Å². The van der Waals surface area contributed by atoms with Crippen LogP contribution in [0.4, 0.5) is 0 Å². The second kappa shape index (κ2) is 27.3. The summed E-state index contributed by atoms with van der Waals surface area (Å²) in [5.41, 5.74) is 0. The van der Waals surface area contributed by atoms with Crippen LogP contribution in [-0.4, -0.2) is 118 Å². The van der Waals surface area contributed by atoms with E-state index >= 15 is 0 Å². The van der Waals surface area contributed by atoms with Gasteiger partial charge in [-0.05, 0) is 140 Å². The number of piperidine rings is 3. The van der Waals surface area contributed by atoms with Gasteiger partial charge in [0.05, 0.1) is 0 Å². The van der Waals surface area contributed by atoms with Crippen LogP contribution < -0.4 is 0 Å². The molecule has 10 nitrogen and oxygen atoms in total. The molecule has 5 rings (SSSR count). The first-order valence-electron chi connectivity index (χ1n) is 20.4. The van der Waals surface area contributed by atoms with Crippen molar-refractivity contribution in [2.24, 2.45) is 17.8 Å². The molecule has 0 N–H and O–H groups in total. The van der Waals surface area contributed by atoms with Gasteiger partial charge in [-0.3, -0.25) is 24.0 Å². The van der Waals surface area contributed by atoms with Crippen LogP contribution in [0.25, 0.3) is 0 Å². The number of rotatable bonds is 3. The van der Waals surface area contributed by atoms with Crippen molar-refractivity contribution in [3.63, 3.8) is 0 Å². The van der Waals surface area contributed by atoms with E-state index in [1.54, 1.807) is 13.8 Å². The third-order valence-electron chi connectivity index (χ3n) is 10.7. The average molecular weight is 762 g/mol. The van der Waals surface area contributed by atoms with Crippen LogP contribution in [0.15, 0.2) is 38.0 Å². The molecule has 4 atom stereocenters. The summed E-state index contributed by atoms with van der Waals surface area (Å²) in [5, 5.41) is 0. The highest BCUT2D eigenvalue weighted by Crippen LogP contribution is 2.18. The molecule has 0 radical (unpaired) electrons. The van der Waals surface area contributed by atoms with Crippen molar-refractivity contribution in [2.45, 2.75) is 125 Å². The van der Waals surface area contributed by atoms with Gasteiger partial charge in [-0.2, -0.15) is 0 Å². The van der Waals surface area contributed by atoms with Crippen molar-refractivity contribution in [1.82, 2.24) is 24.5 Å². The van der Waals surface area contributed by atoms with Crippen LogP contribution in [0.1, 0.15) is 113 Å². The van der Waals surface area contributed by atoms with Gasteiger partial charge in [0.15, 0.2) is 0 Å². The van der Waals surface area contributed by atoms with Crippen molar-refractivity contribution in [1.29, 1.82) is 0 Å². The molecule has 0 bridgehead atoms. The largest absolute Gasteiger partial charge is 0.339 e. The molecule has 10 heteroatoms. The van der Waals surface area contributed by atoms with Crippen molar-refractivity contribution in [3.05, 3.63) is 38.0 Å². The second-order valence-corrected chi connectivity index (χ2v) is 15.4. The van der Waals surface area contributed by atoms with Crippen LogP contribution in [0.3, 0.4) is 0 Å². The lowest BCUT2D eigenvalue weighted by molar-refractivity contribution is -0.129. The predicted octanol–water partition coefficient (Wildman–Crippen LogP) is 6.33. The maximum atomic E-state index is 11.2. The first-order valence-corrected chi connectivity index (χ1v) is 20.4. The zero-order chi connectivity index (χ0) is 41.3. The molecule has 0 aliphatic carbocycles. The van der Waals surface area contributed by atoms with Gasteiger partial charge in [-0.25, -0.2) is 0 Å². The van der Waals surface area contributed by atoms with Crippen molar-refractivity contribution < 1.29 is 24.0 Å². The number of amides is 5. The minimum atomic E-state index is -0.0168. The molecule has 5 aliphatic heterocycles. The second-order valence-electron chi connectivity index (χ2n) is 15.4. The van der Waals surface area contributed by atoms with Gasteiger partial charge in [0, 0.05) is 64.4 Å². The molecular formula is C45H71N5O5. The Labute approximate surface area is 333 Å². The lowest BCUT2D eigenvalue weighted by Gasteiger charge is -2.32. The Hall–Kier alpha value is -4.31. The zero-order valence-electron chi connectivity index (χ0n) is 35.2. The Kier molecular flexibility index (Phi) is 24.2. The summed E-state index contributed by atoms with van der Waals surface area (Å²) < 4.78 is 0. The molecule has 306 valence electrons. The Bertz CT molecular complexity index is 1400. The fourth-order valence-corrected chi connectivity index (χ4v) is 7.14. The smallest absolute Gasteiger partial charge is 0.298 e. The summed E-state index contributed by atoms with van der Waals surface area (Å²) >= 11 is 0. The van der Waals surface area contributed by atoms with Crippen LogP contribution in [0.2, 0.25) is 0 Å². The summed E-state index contributed by atoms with van der Waals surface area (Å²) in [7, 11) is 0. The van der Waals surface area contributed by atoms with Crippen LogP contribution in [0.5, 0.6) is 0 Å². The molecule has 5 heterocycles. The molecule has 5 saturated heterocycles. The number of carbonyl (C=O) groups excluding carboxylic acids is 5. The van der Waals surface area contributed by atoms with E-state index in [1.807, 2.05) is 24.5 Å². The maximum Gasteiger partial charge on any atom is 0.298 e. The molecule has 0 spiro atoms. The predicted molar refractivity (Wildman–Crippen MR) is 223 cm³/mol. The highest BCUT2D eigenvalue weighted by Gasteiger charge is 2.24. The topological polar surface area (TPSA) is 102 Å². The van der Waals surface area contributed by atoms with Gasteiger partial charge in [0.1, 0.15) is 0 Å². The van der Waals surface area contributed by atoms with E-state index in [0.29, 0.717) is 23.9 Å². The van der Waals surface area contributed by atoms with E-state index in [9.17, 15) is 24.0 Å². The minimum Gasteiger partial charge on any atom is -0.339 e. The molecule has 0 aromatic heterocycles. The third-order valence-corrected chi connectivity index (χ3v) is 10.7. The lowest BCUT2D eigenvalue weighted by atomic mass is 9.99. The van der Waals surface area contributed by atoms with Crippen LogP contribution in [-0.2, 0) is 24.0 Å². The highest BCUT2D eigenvalue weighted by atomic mass is 16.2. The number of hydrogen-bond acceptors (Lipinski definition) is 5. The van der Waals surface area contributed by atoms with Gasteiger partial charge in [0.25, 0.3) is 11.8 Å². The van der Waals surface area contributed by atoms with Gasteiger partial charge < -0.3 is 24.5 Å². The van der Waals surface area contributed by atoms with E-state index in [0.717, 1.165) is 110 Å². The summed E-state index contributed by atoms with van der Waals surface area (Å²) in [5.74, 6) is 12.6. The van der Waals surface area contributed by atoms with E-state index in [-0.39, 0.29) is 29.5 Å². The number of nitrogens with zero attached hydrogens (tertiary/aromatic N) is 5. The zero-order valence-corrected chi connectivity index (χ0v) is 35.2. The summed E-state index contributed by atoms with van der Waals surface area (Å²) in [6, 6.07) is 0.803. The van der Waals surface area contributed by atoms with Gasteiger partial charge in [-0.15, -0.1) is 0 Å². The number of hydrogen-bond donors (Lipinski definition) is 0. The van der Waals surface area contributed by atoms with Crippen molar-refractivity contribution >= 4 is 29.5 Å². The molecule has 5 aliphatic rings. The van der Waals surface area contributed by atoms with E-state index < -0.39 is 0 Å². The van der Waals surface area contributed by atoms with Gasteiger partial charge in [-0.1, -0.05) is 52.3 Å². The van der Waals surface area contributed by atoms with Gasteiger partial charge in [0.2, 0.25) is 17.7 Å².